The molecule has 4 aromatic rings. The van der Waals surface area contributed by atoms with Gasteiger partial charge in [0.15, 0.2) is 5.11 Å². The molecule has 0 spiro atoms. The Hall–Kier alpha value is -4.41. The summed E-state index contributed by atoms with van der Waals surface area (Å²) >= 11 is 5.91. The van der Waals surface area contributed by atoms with Gasteiger partial charge in [0.25, 0.3) is 0 Å². The van der Waals surface area contributed by atoms with Crippen molar-refractivity contribution in [2.75, 3.05) is 37.7 Å². The first-order chi connectivity index (χ1) is 19.5. The lowest BCUT2D eigenvalue weighted by Gasteiger charge is -2.29. The Kier molecular flexibility index (Phi) is 8.28. The topological polar surface area (TPSA) is 89.9 Å². The number of nitrogens with zero attached hydrogens (tertiary/aromatic N) is 3. The van der Waals surface area contributed by atoms with Crippen molar-refractivity contribution in [1.82, 2.24) is 14.9 Å². The molecule has 5 rings (SSSR count). The molecule has 0 saturated carbocycles. The molecule has 2 aromatic carbocycles. The fourth-order valence-corrected chi connectivity index (χ4v) is 5.28. The largest absolute Gasteiger partial charge is 0.495 e. The summed E-state index contributed by atoms with van der Waals surface area (Å²) in [4.78, 5) is 19.1. The number of carbonyl (C=O) groups excluding carboxylic acids is 1. The predicted octanol–water partition coefficient (Wildman–Crippen LogP) is 5.04. The number of amides is 1. The van der Waals surface area contributed by atoms with Gasteiger partial charge in [-0.2, -0.15) is 0 Å². The van der Waals surface area contributed by atoms with E-state index in [0.717, 1.165) is 28.5 Å². The van der Waals surface area contributed by atoms with Crippen LogP contribution in [-0.4, -0.2) is 48.0 Å². The molecule has 2 aromatic heterocycles. The van der Waals surface area contributed by atoms with Crippen molar-refractivity contribution in [3.63, 3.8) is 0 Å². The van der Waals surface area contributed by atoms with E-state index in [-0.39, 0.29) is 24.6 Å². The van der Waals surface area contributed by atoms with E-state index in [1.54, 1.807) is 13.3 Å². The van der Waals surface area contributed by atoms with E-state index < -0.39 is 0 Å². The number of rotatable bonds is 10. The van der Waals surface area contributed by atoms with Crippen molar-refractivity contribution in [2.45, 2.75) is 19.0 Å². The molecule has 2 atom stereocenters. The van der Waals surface area contributed by atoms with Gasteiger partial charge in [0.2, 0.25) is 5.91 Å². The molecule has 0 unspecified atom stereocenters. The number of benzene rings is 2. The highest BCUT2D eigenvalue weighted by Crippen LogP contribution is 2.43. The lowest BCUT2D eigenvalue weighted by Crippen LogP contribution is -2.30. The Morgan fingerprint density at radius 3 is 2.55 bits per heavy atom. The first-order valence-corrected chi connectivity index (χ1v) is 13.3. The molecule has 1 aliphatic rings. The summed E-state index contributed by atoms with van der Waals surface area (Å²) in [5.41, 5.74) is 4.16. The molecule has 1 amide bonds. The maximum atomic E-state index is 12.4. The average Bonchev–Trinajstić information content (AvgIpc) is 3.58. The van der Waals surface area contributed by atoms with Crippen LogP contribution in [0.4, 0.5) is 11.4 Å². The van der Waals surface area contributed by atoms with Crippen molar-refractivity contribution in [3.05, 3.63) is 96.6 Å². The SMILES string of the molecule is CCOc1ccc(-n2cccc2[C@H]2[C@@H](c3ccccn3)NC(=S)N2c2ccc(OC)c(NC(=O)COC)c2)cc1. The fraction of sp³-hybridized carbons (Fsp3) is 0.233. The van der Waals surface area contributed by atoms with Crippen LogP contribution >= 0.6 is 12.2 Å². The number of anilines is 2. The molecule has 3 heterocycles. The van der Waals surface area contributed by atoms with Crippen LogP contribution in [0.2, 0.25) is 0 Å². The van der Waals surface area contributed by atoms with Crippen LogP contribution in [0.1, 0.15) is 30.4 Å². The minimum atomic E-state index is -0.285. The zero-order valence-electron chi connectivity index (χ0n) is 22.5. The lowest BCUT2D eigenvalue weighted by molar-refractivity contribution is -0.119. The smallest absolute Gasteiger partial charge is 0.250 e. The highest BCUT2D eigenvalue weighted by Gasteiger charge is 2.42. The summed E-state index contributed by atoms with van der Waals surface area (Å²) in [6, 6.07) is 23.1. The molecule has 0 bridgehead atoms. The summed E-state index contributed by atoms with van der Waals surface area (Å²) in [6.45, 7) is 2.50. The molecule has 0 aliphatic carbocycles. The zero-order chi connectivity index (χ0) is 28.1. The van der Waals surface area contributed by atoms with Gasteiger partial charge in [-0.3, -0.25) is 9.78 Å². The lowest BCUT2D eigenvalue weighted by atomic mass is 10.0. The second-order valence-electron chi connectivity index (χ2n) is 9.09. The maximum Gasteiger partial charge on any atom is 0.250 e. The molecule has 10 heteroatoms. The van der Waals surface area contributed by atoms with E-state index in [0.29, 0.717) is 23.2 Å². The van der Waals surface area contributed by atoms with Crippen LogP contribution in [0, 0.1) is 0 Å². The molecule has 1 fully saturated rings. The van der Waals surface area contributed by atoms with Gasteiger partial charge in [0.05, 0.1) is 31.1 Å². The van der Waals surface area contributed by atoms with Crippen LogP contribution in [0.5, 0.6) is 11.5 Å². The number of nitrogens with one attached hydrogen (secondary N) is 2. The Balaban J connectivity index is 1.60. The van der Waals surface area contributed by atoms with Crippen molar-refractivity contribution in [1.29, 1.82) is 0 Å². The van der Waals surface area contributed by atoms with Gasteiger partial charge >= 0.3 is 0 Å². The van der Waals surface area contributed by atoms with Gasteiger partial charge in [0.1, 0.15) is 24.1 Å². The molecule has 206 valence electrons. The summed E-state index contributed by atoms with van der Waals surface area (Å²) < 4.78 is 18.3. The van der Waals surface area contributed by atoms with Gasteiger partial charge in [-0.1, -0.05) is 6.07 Å². The molecule has 1 saturated heterocycles. The Morgan fingerprint density at radius 2 is 1.85 bits per heavy atom. The van der Waals surface area contributed by atoms with Crippen molar-refractivity contribution >= 4 is 34.6 Å². The molecular formula is C30H31N5O4S. The number of hydrogen-bond acceptors (Lipinski definition) is 6. The van der Waals surface area contributed by atoms with Crippen LogP contribution in [0.25, 0.3) is 5.69 Å². The fourth-order valence-electron chi connectivity index (χ4n) is 4.93. The van der Waals surface area contributed by atoms with Crippen molar-refractivity contribution in [3.8, 4) is 17.2 Å². The van der Waals surface area contributed by atoms with Gasteiger partial charge in [0, 0.05) is 36.6 Å². The highest BCUT2D eigenvalue weighted by molar-refractivity contribution is 7.80. The summed E-state index contributed by atoms with van der Waals surface area (Å²) in [7, 11) is 3.04. The van der Waals surface area contributed by atoms with Crippen LogP contribution in [-0.2, 0) is 9.53 Å². The number of carbonyl (C=O) groups is 1. The Morgan fingerprint density at radius 1 is 1.05 bits per heavy atom. The van der Waals surface area contributed by atoms with Crippen molar-refractivity contribution in [2.24, 2.45) is 0 Å². The molecule has 40 heavy (non-hydrogen) atoms. The third-order valence-electron chi connectivity index (χ3n) is 6.62. The minimum Gasteiger partial charge on any atom is -0.495 e. The van der Waals surface area contributed by atoms with E-state index in [1.807, 2.05) is 79.9 Å². The monoisotopic (exact) mass is 557 g/mol. The second-order valence-corrected chi connectivity index (χ2v) is 9.48. The van der Waals surface area contributed by atoms with Crippen LogP contribution in [0.3, 0.4) is 0 Å². The van der Waals surface area contributed by atoms with E-state index in [1.165, 1.54) is 7.11 Å². The number of thiocarbonyl (C=S) groups is 1. The summed E-state index contributed by atoms with van der Waals surface area (Å²) in [5, 5.41) is 6.91. The molecular weight excluding hydrogens is 526 g/mol. The van der Waals surface area contributed by atoms with Crippen LogP contribution < -0.4 is 25.0 Å². The third-order valence-corrected chi connectivity index (χ3v) is 6.93. The molecule has 1 aliphatic heterocycles. The van der Waals surface area contributed by atoms with Crippen LogP contribution in [0.15, 0.2) is 85.2 Å². The van der Waals surface area contributed by atoms with E-state index >= 15 is 0 Å². The Labute approximate surface area is 238 Å². The van der Waals surface area contributed by atoms with Crippen molar-refractivity contribution < 1.29 is 19.0 Å². The maximum absolute atomic E-state index is 12.4. The quantitative estimate of drug-likeness (QED) is 0.262. The van der Waals surface area contributed by atoms with E-state index in [4.69, 9.17) is 26.4 Å². The molecule has 2 N–H and O–H groups in total. The van der Waals surface area contributed by atoms with Gasteiger partial charge < -0.3 is 34.3 Å². The Bertz CT molecular complexity index is 1480. The zero-order valence-corrected chi connectivity index (χ0v) is 23.4. The van der Waals surface area contributed by atoms with E-state index in [2.05, 4.69) is 31.2 Å². The third kappa shape index (κ3) is 5.49. The van der Waals surface area contributed by atoms with Gasteiger partial charge in [-0.15, -0.1) is 0 Å². The average molecular weight is 558 g/mol. The number of methoxy groups -OCH3 is 2. The number of ether oxygens (including phenoxy) is 3. The normalized spacial score (nSPS) is 16.5. The standard InChI is InChI=1S/C30H31N5O4S/c1-4-39-22-13-10-20(11-14-22)34-17-7-9-25(34)29-28(23-8-5-6-16-31-23)33-30(40)35(29)21-12-15-26(38-3)24(18-21)32-27(36)19-37-2/h5-18,28-29H,4,19H2,1-3H3,(H,32,36)(H,33,40)/t28-,29+/m1/s1. The number of hydrogen-bond donors (Lipinski definition) is 2. The predicted molar refractivity (Wildman–Crippen MR) is 158 cm³/mol. The number of aromatic nitrogens is 2. The highest BCUT2D eigenvalue weighted by atomic mass is 32.1. The van der Waals surface area contributed by atoms with Gasteiger partial charge in [-0.05, 0) is 85.9 Å². The summed E-state index contributed by atoms with van der Waals surface area (Å²) in [5.74, 6) is 1.06. The number of pyridine rings is 1. The first-order valence-electron chi connectivity index (χ1n) is 12.9. The molecule has 0 radical (unpaired) electrons. The molecule has 9 nitrogen and oxygen atoms in total. The minimum absolute atomic E-state index is 0.0724. The van der Waals surface area contributed by atoms with Gasteiger partial charge in [-0.25, -0.2) is 0 Å². The van der Waals surface area contributed by atoms with E-state index in [9.17, 15) is 4.79 Å². The summed E-state index contributed by atoms with van der Waals surface area (Å²) in [6.07, 6.45) is 3.81. The second kappa shape index (κ2) is 12.2. The first kappa shape index (κ1) is 27.2.